The summed E-state index contributed by atoms with van der Waals surface area (Å²) in [6.45, 7) is 3.41. The zero-order valence-corrected chi connectivity index (χ0v) is 8.21. The van der Waals surface area contributed by atoms with Crippen LogP contribution in [-0.4, -0.2) is 0 Å². The molecule has 0 saturated carbocycles. The Balaban J connectivity index is 2.62. The molecule has 70 valence electrons. The van der Waals surface area contributed by atoms with Crippen LogP contribution in [-0.2, 0) is 19.5 Å². The maximum absolute atomic E-state index is 13.4. The van der Waals surface area contributed by atoms with Crippen LogP contribution in [0.5, 0.6) is 0 Å². The lowest BCUT2D eigenvalue weighted by Crippen LogP contribution is -2.00. The Labute approximate surface area is 81.9 Å². The van der Waals surface area contributed by atoms with Crippen LogP contribution in [0.3, 0.4) is 0 Å². The molecular formula is C10H11ClFN. The first-order valence-electron chi connectivity index (χ1n) is 4.43. The van der Waals surface area contributed by atoms with E-state index < -0.39 is 0 Å². The van der Waals surface area contributed by atoms with E-state index in [9.17, 15) is 4.39 Å². The Hall–Kier alpha value is -0.600. The van der Waals surface area contributed by atoms with Crippen molar-refractivity contribution in [1.82, 2.24) is 5.32 Å². The quantitative estimate of drug-likeness (QED) is 0.733. The van der Waals surface area contributed by atoms with Gasteiger partial charge in [0, 0.05) is 18.7 Å². The zero-order chi connectivity index (χ0) is 9.42. The molecule has 0 aliphatic carbocycles. The van der Waals surface area contributed by atoms with Crippen LogP contribution in [0.1, 0.15) is 23.6 Å². The number of nitrogens with one attached hydrogen (secondary N) is 1. The third kappa shape index (κ3) is 1.34. The number of benzene rings is 1. The summed E-state index contributed by atoms with van der Waals surface area (Å²) in [6, 6.07) is 1.60. The molecule has 0 aromatic heterocycles. The van der Waals surface area contributed by atoms with Gasteiger partial charge >= 0.3 is 0 Å². The minimum Gasteiger partial charge on any atom is -0.309 e. The first-order valence-corrected chi connectivity index (χ1v) is 4.81. The van der Waals surface area contributed by atoms with Crippen molar-refractivity contribution in [3.8, 4) is 0 Å². The Morgan fingerprint density at radius 3 is 3.00 bits per heavy atom. The molecule has 1 nitrogen and oxygen atoms in total. The Kier molecular flexibility index (Phi) is 2.26. The predicted molar refractivity (Wildman–Crippen MR) is 51.3 cm³/mol. The lowest BCUT2D eigenvalue weighted by atomic mass is 10.0. The van der Waals surface area contributed by atoms with Crippen LogP contribution in [0.4, 0.5) is 4.39 Å². The first-order chi connectivity index (χ1) is 6.24. The fourth-order valence-corrected chi connectivity index (χ4v) is 2.16. The fraction of sp³-hybridized carbons (Fsp3) is 0.400. The topological polar surface area (TPSA) is 12.0 Å². The smallest absolute Gasteiger partial charge is 0.128 e. The molecule has 13 heavy (non-hydrogen) atoms. The molecule has 1 aromatic carbocycles. The SMILES string of the molecule is CCc1c(F)cc2c(c1Cl)CNC2. The minimum absolute atomic E-state index is 0.171. The van der Waals surface area contributed by atoms with Crippen molar-refractivity contribution in [1.29, 1.82) is 0 Å². The summed E-state index contributed by atoms with van der Waals surface area (Å²) >= 11 is 6.08. The highest BCUT2D eigenvalue weighted by molar-refractivity contribution is 6.32. The van der Waals surface area contributed by atoms with E-state index in [0.29, 0.717) is 17.0 Å². The molecule has 0 unspecified atom stereocenters. The summed E-state index contributed by atoms with van der Waals surface area (Å²) in [6.07, 6.45) is 0.651. The lowest BCUT2D eigenvalue weighted by Gasteiger charge is -2.07. The van der Waals surface area contributed by atoms with Crippen LogP contribution in [0.2, 0.25) is 5.02 Å². The third-order valence-corrected chi connectivity index (χ3v) is 2.93. The van der Waals surface area contributed by atoms with Gasteiger partial charge in [0.05, 0.1) is 5.02 Å². The van der Waals surface area contributed by atoms with Gasteiger partial charge in [-0.25, -0.2) is 4.39 Å². The fourth-order valence-electron chi connectivity index (χ4n) is 1.75. The van der Waals surface area contributed by atoms with E-state index in [0.717, 1.165) is 24.2 Å². The van der Waals surface area contributed by atoms with E-state index in [1.54, 1.807) is 6.07 Å². The second-order valence-electron chi connectivity index (χ2n) is 3.25. The second kappa shape index (κ2) is 3.28. The molecule has 1 heterocycles. The van der Waals surface area contributed by atoms with Crippen molar-refractivity contribution in [3.05, 3.63) is 33.6 Å². The Morgan fingerprint density at radius 1 is 1.54 bits per heavy atom. The minimum atomic E-state index is -0.171. The molecule has 0 fully saturated rings. The molecule has 0 atom stereocenters. The molecule has 0 amide bonds. The zero-order valence-electron chi connectivity index (χ0n) is 7.45. The summed E-state index contributed by atoms with van der Waals surface area (Å²) in [5, 5.41) is 3.77. The summed E-state index contributed by atoms with van der Waals surface area (Å²) in [5.41, 5.74) is 2.71. The van der Waals surface area contributed by atoms with Gasteiger partial charge in [0.1, 0.15) is 5.82 Å². The van der Waals surface area contributed by atoms with Crippen LogP contribution in [0.25, 0.3) is 0 Å². The highest BCUT2D eigenvalue weighted by Crippen LogP contribution is 2.30. The van der Waals surface area contributed by atoms with E-state index >= 15 is 0 Å². The molecule has 0 spiro atoms. The van der Waals surface area contributed by atoms with Crippen LogP contribution < -0.4 is 5.32 Å². The summed E-state index contributed by atoms with van der Waals surface area (Å²) in [7, 11) is 0. The first kappa shape index (κ1) is 8.97. The van der Waals surface area contributed by atoms with Gasteiger partial charge in [-0.3, -0.25) is 0 Å². The van der Waals surface area contributed by atoms with Crippen molar-refractivity contribution >= 4 is 11.6 Å². The molecule has 2 rings (SSSR count). The van der Waals surface area contributed by atoms with Crippen LogP contribution >= 0.6 is 11.6 Å². The number of rotatable bonds is 1. The average Bonchev–Trinajstić information content (AvgIpc) is 2.53. The summed E-state index contributed by atoms with van der Waals surface area (Å²) in [5.74, 6) is -0.171. The lowest BCUT2D eigenvalue weighted by molar-refractivity contribution is 0.610. The van der Waals surface area contributed by atoms with E-state index in [1.807, 2.05) is 6.92 Å². The second-order valence-corrected chi connectivity index (χ2v) is 3.62. The van der Waals surface area contributed by atoms with Crippen molar-refractivity contribution in [2.45, 2.75) is 26.4 Å². The molecule has 0 saturated heterocycles. The molecule has 1 N–H and O–H groups in total. The van der Waals surface area contributed by atoms with Gasteiger partial charge < -0.3 is 5.32 Å². The number of fused-ring (bicyclic) bond motifs is 1. The van der Waals surface area contributed by atoms with Gasteiger partial charge in [0.15, 0.2) is 0 Å². The molecule has 1 aliphatic rings. The molecular weight excluding hydrogens is 189 g/mol. The summed E-state index contributed by atoms with van der Waals surface area (Å²) in [4.78, 5) is 0. The molecule has 3 heteroatoms. The van der Waals surface area contributed by atoms with Crippen LogP contribution in [0, 0.1) is 5.82 Å². The molecule has 1 aromatic rings. The number of hydrogen-bond donors (Lipinski definition) is 1. The normalized spacial score (nSPS) is 14.7. The maximum Gasteiger partial charge on any atom is 0.128 e. The van der Waals surface area contributed by atoms with E-state index in [2.05, 4.69) is 5.32 Å². The van der Waals surface area contributed by atoms with Crippen molar-refractivity contribution in [2.24, 2.45) is 0 Å². The maximum atomic E-state index is 13.4. The largest absolute Gasteiger partial charge is 0.309 e. The van der Waals surface area contributed by atoms with Crippen molar-refractivity contribution < 1.29 is 4.39 Å². The Bertz CT molecular complexity index is 346. The molecule has 0 radical (unpaired) electrons. The van der Waals surface area contributed by atoms with Gasteiger partial charge in [-0.05, 0) is 23.6 Å². The molecule has 1 aliphatic heterocycles. The van der Waals surface area contributed by atoms with Crippen molar-refractivity contribution in [2.75, 3.05) is 0 Å². The van der Waals surface area contributed by atoms with Gasteiger partial charge in [0.25, 0.3) is 0 Å². The van der Waals surface area contributed by atoms with Gasteiger partial charge in [-0.2, -0.15) is 0 Å². The van der Waals surface area contributed by atoms with E-state index in [4.69, 9.17) is 11.6 Å². The van der Waals surface area contributed by atoms with Gasteiger partial charge in [-0.1, -0.05) is 18.5 Å². The van der Waals surface area contributed by atoms with Crippen LogP contribution in [0.15, 0.2) is 6.07 Å². The monoisotopic (exact) mass is 199 g/mol. The van der Waals surface area contributed by atoms with E-state index in [-0.39, 0.29) is 5.82 Å². The highest BCUT2D eigenvalue weighted by Gasteiger charge is 2.18. The Morgan fingerprint density at radius 2 is 2.31 bits per heavy atom. The number of hydrogen-bond acceptors (Lipinski definition) is 1. The highest BCUT2D eigenvalue weighted by atomic mass is 35.5. The van der Waals surface area contributed by atoms with E-state index in [1.165, 1.54) is 0 Å². The average molecular weight is 200 g/mol. The third-order valence-electron chi connectivity index (χ3n) is 2.48. The summed E-state index contributed by atoms with van der Waals surface area (Å²) < 4.78 is 13.4. The van der Waals surface area contributed by atoms with Crippen molar-refractivity contribution in [3.63, 3.8) is 0 Å². The van der Waals surface area contributed by atoms with Gasteiger partial charge in [-0.15, -0.1) is 0 Å². The standard InChI is InChI=1S/C10H11ClFN/c1-2-7-9(12)3-6-4-13-5-8(6)10(7)11/h3,13H,2,4-5H2,1H3. The number of halogens is 2. The van der Waals surface area contributed by atoms with Gasteiger partial charge in [0.2, 0.25) is 0 Å². The predicted octanol–water partition coefficient (Wildman–Crippen LogP) is 2.64. The molecule has 0 bridgehead atoms.